The van der Waals surface area contributed by atoms with Gasteiger partial charge in [-0.3, -0.25) is 24.0 Å². The predicted octanol–water partition coefficient (Wildman–Crippen LogP) is -3.89. The fourth-order valence-electron chi connectivity index (χ4n) is 2.83. The van der Waals surface area contributed by atoms with Gasteiger partial charge in [0.15, 0.2) is 0 Å². The molecule has 0 aliphatic heterocycles. The molecule has 17 heteroatoms. The van der Waals surface area contributed by atoms with E-state index in [2.05, 4.69) is 43.9 Å². The van der Waals surface area contributed by atoms with Crippen molar-refractivity contribution in [2.45, 2.75) is 63.0 Å². The Bertz CT molecular complexity index is 973. The molecule has 6 atom stereocenters. The van der Waals surface area contributed by atoms with Crippen molar-refractivity contribution in [1.29, 1.82) is 0 Å². The van der Waals surface area contributed by atoms with E-state index in [0.29, 0.717) is 5.69 Å². The van der Waals surface area contributed by atoms with Crippen LogP contribution < -0.4 is 27.0 Å². The number of amides is 4. The van der Waals surface area contributed by atoms with E-state index < -0.39 is 78.3 Å². The number of aliphatic hydroxyl groups excluding tert-OH is 1. The number of nitrogens with one attached hydrogen (secondary N) is 5. The summed E-state index contributed by atoms with van der Waals surface area (Å²) >= 11 is 4.04. The minimum Gasteiger partial charge on any atom is -0.481 e. The molecule has 37 heavy (non-hydrogen) atoms. The van der Waals surface area contributed by atoms with Crippen LogP contribution in [0.15, 0.2) is 12.5 Å². The number of carboxylic acid groups (broad SMARTS) is 2. The average molecular weight is 546 g/mol. The Labute approximate surface area is 216 Å². The van der Waals surface area contributed by atoms with Gasteiger partial charge in [0.2, 0.25) is 23.6 Å². The number of H-pyrrole nitrogens is 1. The summed E-state index contributed by atoms with van der Waals surface area (Å²) in [5.41, 5.74) is 5.91. The van der Waals surface area contributed by atoms with Crippen LogP contribution in [-0.2, 0) is 35.2 Å². The molecule has 0 aliphatic rings. The molecular formula is C20H31N7O9S. The number of hydrogen-bond acceptors (Lipinski definition) is 10. The normalized spacial score (nSPS) is 15.7. The maximum atomic E-state index is 12.9. The van der Waals surface area contributed by atoms with E-state index in [9.17, 15) is 39.0 Å². The Morgan fingerprint density at radius 2 is 1.51 bits per heavy atom. The zero-order valence-corrected chi connectivity index (χ0v) is 20.9. The van der Waals surface area contributed by atoms with Crippen molar-refractivity contribution in [1.82, 2.24) is 31.2 Å². The summed E-state index contributed by atoms with van der Waals surface area (Å²) in [7, 11) is 0. The van der Waals surface area contributed by atoms with Crippen LogP contribution in [-0.4, -0.2) is 103 Å². The number of nitrogens with zero attached hydrogens (tertiary/aromatic N) is 1. The minimum atomic E-state index is -1.76. The maximum Gasteiger partial charge on any atom is 0.326 e. The first kappa shape index (κ1) is 31.3. The lowest BCUT2D eigenvalue weighted by molar-refractivity contribution is -0.147. The Kier molecular flexibility index (Phi) is 12.5. The van der Waals surface area contributed by atoms with Crippen molar-refractivity contribution in [3.8, 4) is 0 Å². The molecule has 0 aromatic carbocycles. The molecule has 10 N–H and O–H groups in total. The number of rotatable bonds is 15. The molecule has 0 unspecified atom stereocenters. The SMILES string of the molecule is C[C@H](NC(=O)[C@@H](N)[C@@H](C)O)C(=O)N[C@@H](CS)C(=O)N[C@@H](Cc1cnc[nH]1)C(=O)N[C@@H](CC(=O)O)C(=O)O. The second-order valence-corrected chi connectivity index (χ2v) is 8.44. The third-order valence-electron chi connectivity index (χ3n) is 5.00. The predicted molar refractivity (Wildman–Crippen MR) is 129 cm³/mol. The molecule has 0 aliphatic carbocycles. The van der Waals surface area contributed by atoms with E-state index >= 15 is 0 Å². The van der Waals surface area contributed by atoms with Crippen LogP contribution in [0.3, 0.4) is 0 Å². The minimum absolute atomic E-state index is 0.173. The standard InChI is InChI=1S/C20H31N7O9S/c1-8(24-19(34)15(21)9(2)28)16(31)27-13(6-37)18(33)25-11(3-10-5-22-7-23-10)17(32)26-12(20(35)36)4-14(29)30/h5,7-9,11-13,15,28,37H,3-4,6,21H2,1-2H3,(H,22,23)(H,24,34)(H,25,33)(H,26,32)(H,27,31)(H,29,30)(H,35,36)/t8-,9+,11-,12-,13-,15-/m0/s1. The highest BCUT2D eigenvalue weighted by Crippen LogP contribution is 2.03. The Morgan fingerprint density at radius 3 is 2.00 bits per heavy atom. The Balaban J connectivity index is 2.94. The van der Waals surface area contributed by atoms with Gasteiger partial charge in [-0.2, -0.15) is 12.6 Å². The molecule has 16 nitrogen and oxygen atoms in total. The molecule has 4 amide bonds. The number of hydrogen-bond donors (Lipinski definition) is 10. The van der Waals surface area contributed by atoms with Crippen molar-refractivity contribution in [2.75, 3.05) is 5.75 Å². The van der Waals surface area contributed by atoms with E-state index in [1.807, 2.05) is 0 Å². The molecule has 0 saturated heterocycles. The Hall–Kier alpha value is -3.70. The van der Waals surface area contributed by atoms with E-state index in [0.717, 1.165) is 0 Å². The second-order valence-electron chi connectivity index (χ2n) is 8.08. The topological polar surface area (TPSA) is 266 Å². The van der Waals surface area contributed by atoms with Crippen molar-refractivity contribution >= 4 is 48.2 Å². The summed E-state index contributed by atoms with van der Waals surface area (Å²) in [5.74, 6) is -6.72. The number of aliphatic hydroxyl groups is 1. The van der Waals surface area contributed by atoms with Crippen molar-refractivity contribution in [3.63, 3.8) is 0 Å². The molecule has 0 bridgehead atoms. The van der Waals surface area contributed by atoms with Crippen LogP contribution in [0.2, 0.25) is 0 Å². The van der Waals surface area contributed by atoms with Crippen LogP contribution in [0, 0.1) is 0 Å². The zero-order valence-electron chi connectivity index (χ0n) is 20.0. The number of carbonyl (C=O) groups excluding carboxylic acids is 4. The highest BCUT2D eigenvalue weighted by Gasteiger charge is 2.31. The van der Waals surface area contributed by atoms with Gasteiger partial charge in [0.25, 0.3) is 0 Å². The lowest BCUT2D eigenvalue weighted by atomic mass is 10.1. The molecular weight excluding hydrogens is 514 g/mol. The van der Waals surface area contributed by atoms with Gasteiger partial charge in [0, 0.05) is 24.1 Å². The summed E-state index contributed by atoms with van der Waals surface area (Å²) in [6.45, 7) is 2.62. The fourth-order valence-corrected chi connectivity index (χ4v) is 3.09. The number of carbonyl (C=O) groups is 6. The van der Waals surface area contributed by atoms with Crippen LogP contribution in [0.25, 0.3) is 0 Å². The lowest BCUT2D eigenvalue weighted by Gasteiger charge is -2.24. The summed E-state index contributed by atoms with van der Waals surface area (Å²) < 4.78 is 0. The first-order valence-electron chi connectivity index (χ1n) is 10.9. The van der Waals surface area contributed by atoms with E-state index in [1.54, 1.807) is 0 Å². The van der Waals surface area contributed by atoms with Crippen molar-refractivity contribution < 1.29 is 44.1 Å². The van der Waals surface area contributed by atoms with Crippen LogP contribution in [0.4, 0.5) is 0 Å². The summed E-state index contributed by atoms with van der Waals surface area (Å²) in [4.78, 5) is 78.9. The third kappa shape index (κ3) is 10.4. The fraction of sp³-hybridized carbons (Fsp3) is 0.550. The Morgan fingerprint density at radius 1 is 0.946 bits per heavy atom. The average Bonchev–Trinajstić information content (AvgIpc) is 3.33. The summed E-state index contributed by atoms with van der Waals surface area (Å²) in [6, 6.07) is -6.86. The molecule has 1 heterocycles. The van der Waals surface area contributed by atoms with Crippen LogP contribution in [0.5, 0.6) is 0 Å². The quantitative estimate of drug-likeness (QED) is 0.0952. The molecule has 0 radical (unpaired) electrons. The third-order valence-corrected chi connectivity index (χ3v) is 5.36. The van der Waals surface area contributed by atoms with Gasteiger partial charge in [0.05, 0.1) is 18.9 Å². The van der Waals surface area contributed by atoms with E-state index in [-0.39, 0.29) is 12.2 Å². The number of aliphatic carboxylic acids is 2. The number of carboxylic acids is 2. The van der Waals surface area contributed by atoms with Gasteiger partial charge in [-0.15, -0.1) is 0 Å². The number of nitrogens with two attached hydrogens (primary N) is 1. The monoisotopic (exact) mass is 545 g/mol. The molecule has 1 aromatic rings. The number of imidazole rings is 1. The summed E-state index contributed by atoms with van der Waals surface area (Å²) in [6.07, 6.45) is 0.433. The van der Waals surface area contributed by atoms with Crippen LogP contribution in [0.1, 0.15) is 26.0 Å². The van der Waals surface area contributed by atoms with Gasteiger partial charge >= 0.3 is 11.9 Å². The second kappa shape index (κ2) is 14.8. The van der Waals surface area contributed by atoms with E-state index in [4.69, 9.17) is 10.8 Å². The summed E-state index contributed by atoms with van der Waals surface area (Å²) in [5, 5.41) is 36.6. The molecule has 0 spiro atoms. The molecule has 206 valence electrons. The molecule has 1 aromatic heterocycles. The van der Waals surface area contributed by atoms with Crippen molar-refractivity contribution in [2.24, 2.45) is 5.73 Å². The van der Waals surface area contributed by atoms with Gasteiger partial charge < -0.3 is 47.3 Å². The number of aromatic amines is 1. The molecule has 1 rings (SSSR count). The van der Waals surface area contributed by atoms with E-state index in [1.165, 1.54) is 26.4 Å². The van der Waals surface area contributed by atoms with Gasteiger partial charge in [-0.05, 0) is 13.8 Å². The molecule has 0 fully saturated rings. The lowest BCUT2D eigenvalue weighted by Crippen LogP contribution is -2.59. The molecule has 0 saturated carbocycles. The van der Waals surface area contributed by atoms with Gasteiger partial charge in [0.1, 0.15) is 30.2 Å². The van der Waals surface area contributed by atoms with Crippen molar-refractivity contribution in [3.05, 3.63) is 18.2 Å². The first-order valence-corrected chi connectivity index (χ1v) is 11.6. The smallest absolute Gasteiger partial charge is 0.326 e. The highest BCUT2D eigenvalue weighted by molar-refractivity contribution is 7.80. The largest absolute Gasteiger partial charge is 0.481 e. The van der Waals surface area contributed by atoms with Gasteiger partial charge in [-0.1, -0.05) is 0 Å². The van der Waals surface area contributed by atoms with Gasteiger partial charge in [-0.25, -0.2) is 9.78 Å². The number of aromatic nitrogens is 2. The maximum absolute atomic E-state index is 12.9. The highest BCUT2D eigenvalue weighted by atomic mass is 32.1. The number of thiol groups is 1. The zero-order chi connectivity index (χ0) is 28.3. The first-order chi connectivity index (χ1) is 17.3. The van der Waals surface area contributed by atoms with Crippen LogP contribution >= 0.6 is 12.6 Å².